The third-order valence-electron chi connectivity index (χ3n) is 4.80. The molecule has 7 nitrogen and oxygen atoms in total. The van der Waals surface area contributed by atoms with Crippen molar-refractivity contribution >= 4 is 21.6 Å². The monoisotopic (exact) mass is 352 g/mol. The molecule has 132 valence electrons. The van der Waals surface area contributed by atoms with E-state index in [1.54, 1.807) is 6.07 Å². The molecule has 0 saturated carbocycles. The van der Waals surface area contributed by atoms with E-state index < -0.39 is 9.84 Å². The highest BCUT2D eigenvalue weighted by Gasteiger charge is 2.32. The van der Waals surface area contributed by atoms with Crippen LogP contribution in [0.4, 0.5) is 5.82 Å². The molecule has 0 radical (unpaired) electrons. The number of sulfone groups is 1. The van der Waals surface area contributed by atoms with E-state index in [-0.39, 0.29) is 23.5 Å². The zero-order chi connectivity index (χ0) is 17.2. The Labute approximate surface area is 143 Å². The number of likely N-dealkylation sites (tertiary alicyclic amines) is 1. The van der Waals surface area contributed by atoms with Crippen LogP contribution in [-0.4, -0.2) is 66.4 Å². The average Bonchev–Trinajstić information content (AvgIpc) is 2.95. The Bertz CT molecular complexity index is 701. The number of hydrogen-bond acceptors (Lipinski definition) is 6. The lowest BCUT2D eigenvalue weighted by Crippen LogP contribution is -2.38. The molecule has 8 heteroatoms. The molecule has 1 aromatic rings. The molecular weight excluding hydrogens is 328 g/mol. The molecule has 3 rings (SSSR count). The van der Waals surface area contributed by atoms with Gasteiger partial charge < -0.3 is 9.80 Å². The van der Waals surface area contributed by atoms with Crippen molar-refractivity contribution in [2.24, 2.45) is 0 Å². The minimum absolute atomic E-state index is 0.0616. The van der Waals surface area contributed by atoms with Gasteiger partial charge in [0.25, 0.3) is 5.91 Å². The summed E-state index contributed by atoms with van der Waals surface area (Å²) in [6.07, 6.45) is 5.24. The molecule has 2 aliphatic heterocycles. The predicted molar refractivity (Wildman–Crippen MR) is 91.9 cm³/mol. The van der Waals surface area contributed by atoms with Gasteiger partial charge in [0, 0.05) is 31.7 Å². The standard InChI is InChI=1S/C16H24N4O3S/c1-2-20(13-6-9-24(22,23)11-13)15-10-14(17-12-18-15)16(21)19-7-4-3-5-8-19/h10,12-13H,2-9,11H2,1H3. The quantitative estimate of drug-likeness (QED) is 0.807. The molecule has 0 bridgehead atoms. The number of nitrogens with zero attached hydrogens (tertiary/aromatic N) is 4. The average molecular weight is 352 g/mol. The Balaban J connectivity index is 1.79. The lowest BCUT2D eigenvalue weighted by molar-refractivity contribution is 0.0718. The minimum atomic E-state index is -2.96. The van der Waals surface area contributed by atoms with Gasteiger partial charge in [0.2, 0.25) is 0 Å². The minimum Gasteiger partial charge on any atom is -0.353 e. The first-order valence-corrected chi connectivity index (χ1v) is 10.4. The Morgan fingerprint density at radius 3 is 2.67 bits per heavy atom. The summed E-state index contributed by atoms with van der Waals surface area (Å²) in [6, 6.07) is 1.62. The normalized spacial score (nSPS) is 23.2. The highest BCUT2D eigenvalue weighted by atomic mass is 32.2. The van der Waals surface area contributed by atoms with Crippen molar-refractivity contribution in [1.29, 1.82) is 0 Å². The van der Waals surface area contributed by atoms with Crippen molar-refractivity contribution in [2.75, 3.05) is 36.0 Å². The molecule has 1 amide bonds. The molecule has 0 aliphatic carbocycles. The van der Waals surface area contributed by atoms with E-state index in [9.17, 15) is 13.2 Å². The highest BCUT2D eigenvalue weighted by molar-refractivity contribution is 7.91. The first kappa shape index (κ1) is 17.1. The summed E-state index contributed by atoms with van der Waals surface area (Å²) in [7, 11) is -2.96. The lowest BCUT2D eigenvalue weighted by Gasteiger charge is -2.29. The summed E-state index contributed by atoms with van der Waals surface area (Å²) in [5.74, 6) is 0.947. The Morgan fingerprint density at radius 1 is 1.29 bits per heavy atom. The van der Waals surface area contributed by atoms with Crippen molar-refractivity contribution in [3.8, 4) is 0 Å². The summed E-state index contributed by atoms with van der Waals surface area (Å²) in [5.41, 5.74) is 0.390. The van der Waals surface area contributed by atoms with E-state index in [0.29, 0.717) is 24.5 Å². The second kappa shape index (κ2) is 7.04. The largest absolute Gasteiger partial charge is 0.353 e. The molecule has 1 aromatic heterocycles. The molecule has 2 aliphatic rings. The SMILES string of the molecule is CCN(c1cc(C(=O)N2CCCCC2)ncn1)C1CCS(=O)(=O)C1. The van der Waals surface area contributed by atoms with Crippen LogP contribution in [0.1, 0.15) is 43.1 Å². The molecule has 1 atom stereocenters. The van der Waals surface area contributed by atoms with E-state index in [2.05, 4.69) is 9.97 Å². The fourth-order valence-electron chi connectivity index (χ4n) is 3.51. The number of piperidine rings is 1. The molecule has 24 heavy (non-hydrogen) atoms. The number of rotatable bonds is 4. The zero-order valence-corrected chi connectivity index (χ0v) is 14.8. The molecule has 0 N–H and O–H groups in total. The van der Waals surface area contributed by atoms with E-state index >= 15 is 0 Å². The van der Waals surface area contributed by atoms with Crippen LogP contribution in [-0.2, 0) is 9.84 Å². The topological polar surface area (TPSA) is 83.5 Å². The van der Waals surface area contributed by atoms with Gasteiger partial charge in [-0.15, -0.1) is 0 Å². The molecule has 0 aromatic carbocycles. The van der Waals surface area contributed by atoms with Gasteiger partial charge in [-0.05, 0) is 32.6 Å². The van der Waals surface area contributed by atoms with Gasteiger partial charge in [-0.25, -0.2) is 18.4 Å². The van der Waals surface area contributed by atoms with Crippen molar-refractivity contribution < 1.29 is 13.2 Å². The van der Waals surface area contributed by atoms with Crippen LogP contribution in [0.2, 0.25) is 0 Å². The second-order valence-electron chi connectivity index (χ2n) is 6.46. The third kappa shape index (κ3) is 3.68. The van der Waals surface area contributed by atoms with Crippen molar-refractivity contribution in [3.05, 3.63) is 18.1 Å². The van der Waals surface area contributed by atoms with Crippen LogP contribution in [0, 0.1) is 0 Å². The van der Waals surface area contributed by atoms with Crippen LogP contribution >= 0.6 is 0 Å². The van der Waals surface area contributed by atoms with Gasteiger partial charge in [0.15, 0.2) is 9.84 Å². The van der Waals surface area contributed by atoms with Crippen LogP contribution in [0.5, 0.6) is 0 Å². The predicted octanol–water partition coefficient (Wildman–Crippen LogP) is 1.12. The van der Waals surface area contributed by atoms with Crippen LogP contribution in [0.3, 0.4) is 0 Å². The van der Waals surface area contributed by atoms with Crippen molar-refractivity contribution in [1.82, 2.24) is 14.9 Å². The van der Waals surface area contributed by atoms with E-state index in [0.717, 1.165) is 25.9 Å². The van der Waals surface area contributed by atoms with Crippen LogP contribution in [0.25, 0.3) is 0 Å². The van der Waals surface area contributed by atoms with Gasteiger partial charge in [-0.1, -0.05) is 0 Å². The van der Waals surface area contributed by atoms with E-state index in [1.807, 2.05) is 16.7 Å². The van der Waals surface area contributed by atoms with Gasteiger partial charge in [0.05, 0.1) is 11.5 Å². The molecule has 1 unspecified atom stereocenters. The maximum Gasteiger partial charge on any atom is 0.272 e. The number of hydrogen-bond donors (Lipinski definition) is 0. The number of carbonyl (C=O) groups excluding carboxylic acids is 1. The fourth-order valence-corrected chi connectivity index (χ4v) is 5.24. The molecular formula is C16H24N4O3S. The van der Waals surface area contributed by atoms with Gasteiger partial charge in [-0.2, -0.15) is 0 Å². The van der Waals surface area contributed by atoms with E-state index in [1.165, 1.54) is 12.7 Å². The number of anilines is 1. The van der Waals surface area contributed by atoms with Gasteiger partial charge in [-0.3, -0.25) is 4.79 Å². The zero-order valence-electron chi connectivity index (χ0n) is 14.0. The van der Waals surface area contributed by atoms with E-state index in [4.69, 9.17) is 0 Å². The molecule has 0 spiro atoms. The molecule has 2 saturated heterocycles. The first-order valence-electron chi connectivity index (χ1n) is 8.58. The fraction of sp³-hybridized carbons (Fsp3) is 0.688. The Hall–Kier alpha value is -1.70. The molecule has 2 fully saturated rings. The van der Waals surface area contributed by atoms with Crippen molar-refractivity contribution in [2.45, 2.75) is 38.6 Å². The number of carbonyl (C=O) groups is 1. The summed E-state index contributed by atoms with van der Waals surface area (Å²) in [5, 5.41) is 0. The maximum absolute atomic E-state index is 12.6. The third-order valence-corrected chi connectivity index (χ3v) is 6.55. The smallest absolute Gasteiger partial charge is 0.272 e. The Morgan fingerprint density at radius 2 is 2.04 bits per heavy atom. The maximum atomic E-state index is 12.6. The van der Waals surface area contributed by atoms with Crippen LogP contribution in [0.15, 0.2) is 12.4 Å². The van der Waals surface area contributed by atoms with Gasteiger partial charge in [0.1, 0.15) is 17.8 Å². The first-order chi connectivity index (χ1) is 11.5. The number of aromatic nitrogens is 2. The Kier molecular flexibility index (Phi) is 5.03. The summed E-state index contributed by atoms with van der Waals surface area (Å²) < 4.78 is 23.5. The molecule has 3 heterocycles. The summed E-state index contributed by atoms with van der Waals surface area (Å²) in [6.45, 7) is 4.17. The van der Waals surface area contributed by atoms with Gasteiger partial charge >= 0.3 is 0 Å². The summed E-state index contributed by atoms with van der Waals surface area (Å²) >= 11 is 0. The van der Waals surface area contributed by atoms with Crippen molar-refractivity contribution in [3.63, 3.8) is 0 Å². The lowest BCUT2D eigenvalue weighted by atomic mass is 10.1. The number of amides is 1. The highest BCUT2D eigenvalue weighted by Crippen LogP contribution is 2.23. The van der Waals surface area contributed by atoms with Crippen LogP contribution < -0.4 is 4.90 Å². The summed E-state index contributed by atoms with van der Waals surface area (Å²) in [4.78, 5) is 24.8. The second-order valence-corrected chi connectivity index (χ2v) is 8.69.